The molecule has 0 bridgehead atoms. The molecule has 1 aliphatic carbocycles. The van der Waals surface area contributed by atoms with E-state index in [4.69, 9.17) is 4.74 Å². The molecule has 0 aromatic rings. The van der Waals surface area contributed by atoms with Gasteiger partial charge in [0.05, 0.1) is 13.2 Å². The van der Waals surface area contributed by atoms with Crippen molar-refractivity contribution in [2.75, 3.05) is 32.6 Å². The van der Waals surface area contributed by atoms with Crippen molar-refractivity contribution < 1.29 is 4.74 Å². The molecule has 0 unspecified atom stereocenters. The Morgan fingerprint density at radius 1 is 1.31 bits per heavy atom. The number of hydrogen-bond acceptors (Lipinski definition) is 3. The standard InChI is InChI=1S/C10H19NOS/c1-9(7-12-8-9)5-11-6-10(13-2)3-4-10/h11H,3-8H2,1-2H3. The van der Waals surface area contributed by atoms with Crippen molar-refractivity contribution in [1.29, 1.82) is 0 Å². The van der Waals surface area contributed by atoms with Crippen LogP contribution in [-0.2, 0) is 4.74 Å². The van der Waals surface area contributed by atoms with Crippen LogP contribution in [0, 0.1) is 5.41 Å². The molecule has 1 aliphatic heterocycles. The molecule has 1 N–H and O–H groups in total. The Morgan fingerprint density at radius 2 is 2.00 bits per heavy atom. The lowest BCUT2D eigenvalue weighted by atomic mass is 9.89. The van der Waals surface area contributed by atoms with E-state index in [2.05, 4.69) is 18.5 Å². The van der Waals surface area contributed by atoms with Crippen LogP contribution in [0.4, 0.5) is 0 Å². The summed E-state index contributed by atoms with van der Waals surface area (Å²) in [6, 6.07) is 0. The summed E-state index contributed by atoms with van der Waals surface area (Å²) in [4.78, 5) is 0. The molecule has 1 heterocycles. The molecule has 0 aromatic carbocycles. The second-order valence-electron chi connectivity index (χ2n) is 4.79. The zero-order chi connectivity index (χ0) is 9.36. The third kappa shape index (κ3) is 2.20. The van der Waals surface area contributed by atoms with Crippen molar-refractivity contribution in [3.05, 3.63) is 0 Å². The molecule has 2 aliphatic rings. The minimum Gasteiger partial charge on any atom is -0.380 e. The van der Waals surface area contributed by atoms with Gasteiger partial charge in [-0.25, -0.2) is 0 Å². The summed E-state index contributed by atoms with van der Waals surface area (Å²) in [7, 11) is 0. The van der Waals surface area contributed by atoms with E-state index in [9.17, 15) is 0 Å². The Balaban J connectivity index is 1.63. The summed E-state index contributed by atoms with van der Waals surface area (Å²) in [6.07, 6.45) is 5.02. The molecule has 13 heavy (non-hydrogen) atoms. The highest BCUT2D eigenvalue weighted by molar-refractivity contribution is 8.00. The summed E-state index contributed by atoms with van der Waals surface area (Å²) in [5, 5.41) is 3.58. The zero-order valence-electron chi connectivity index (χ0n) is 8.56. The van der Waals surface area contributed by atoms with Gasteiger partial charge in [0, 0.05) is 23.3 Å². The third-order valence-electron chi connectivity index (χ3n) is 3.14. The van der Waals surface area contributed by atoms with Crippen molar-refractivity contribution in [3.8, 4) is 0 Å². The highest BCUT2D eigenvalue weighted by Gasteiger charge is 2.42. The second kappa shape index (κ2) is 3.44. The molecule has 2 nitrogen and oxygen atoms in total. The lowest BCUT2D eigenvalue weighted by Crippen LogP contribution is -2.48. The lowest BCUT2D eigenvalue weighted by Gasteiger charge is -2.38. The molecular weight excluding hydrogens is 182 g/mol. The molecule has 0 radical (unpaired) electrons. The SMILES string of the molecule is CSC1(CNCC2(C)COC2)CC1. The van der Waals surface area contributed by atoms with E-state index >= 15 is 0 Å². The quantitative estimate of drug-likeness (QED) is 0.728. The summed E-state index contributed by atoms with van der Waals surface area (Å²) in [5.74, 6) is 0. The summed E-state index contributed by atoms with van der Waals surface area (Å²) in [6.45, 7) is 6.47. The van der Waals surface area contributed by atoms with Gasteiger partial charge in [-0.05, 0) is 19.1 Å². The molecule has 0 spiro atoms. The lowest BCUT2D eigenvalue weighted by molar-refractivity contribution is -0.0989. The van der Waals surface area contributed by atoms with Crippen LogP contribution in [0.1, 0.15) is 19.8 Å². The van der Waals surface area contributed by atoms with Gasteiger partial charge in [0.25, 0.3) is 0 Å². The van der Waals surface area contributed by atoms with Crippen LogP contribution >= 0.6 is 11.8 Å². The minimum absolute atomic E-state index is 0.425. The fourth-order valence-electron chi connectivity index (χ4n) is 1.74. The van der Waals surface area contributed by atoms with Crippen molar-refractivity contribution in [3.63, 3.8) is 0 Å². The predicted octanol–water partition coefficient (Wildman–Crippen LogP) is 1.51. The van der Waals surface area contributed by atoms with Crippen LogP contribution in [0.3, 0.4) is 0 Å². The van der Waals surface area contributed by atoms with E-state index in [1.165, 1.54) is 19.4 Å². The molecule has 76 valence electrons. The average Bonchev–Trinajstić information content (AvgIpc) is 2.83. The number of hydrogen-bond donors (Lipinski definition) is 1. The van der Waals surface area contributed by atoms with Crippen LogP contribution in [0.5, 0.6) is 0 Å². The van der Waals surface area contributed by atoms with Crippen LogP contribution < -0.4 is 5.32 Å². The van der Waals surface area contributed by atoms with E-state index in [1.54, 1.807) is 0 Å². The zero-order valence-corrected chi connectivity index (χ0v) is 9.38. The molecule has 0 atom stereocenters. The number of thioether (sulfide) groups is 1. The monoisotopic (exact) mass is 201 g/mol. The van der Waals surface area contributed by atoms with Crippen LogP contribution in [0.15, 0.2) is 0 Å². The molecule has 0 aromatic heterocycles. The third-order valence-corrected chi connectivity index (χ3v) is 4.56. The van der Waals surface area contributed by atoms with E-state index in [0.29, 0.717) is 10.2 Å². The Morgan fingerprint density at radius 3 is 2.38 bits per heavy atom. The van der Waals surface area contributed by atoms with E-state index < -0.39 is 0 Å². The summed E-state index contributed by atoms with van der Waals surface area (Å²) < 4.78 is 5.82. The maximum atomic E-state index is 5.22. The molecule has 3 heteroatoms. The fraction of sp³-hybridized carbons (Fsp3) is 1.00. The first-order chi connectivity index (χ1) is 6.18. The highest BCUT2D eigenvalue weighted by atomic mass is 32.2. The van der Waals surface area contributed by atoms with E-state index in [1.807, 2.05) is 11.8 Å². The van der Waals surface area contributed by atoms with E-state index in [0.717, 1.165) is 19.8 Å². The fourth-order valence-corrected chi connectivity index (χ4v) is 2.49. The van der Waals surface area contributed by atoms with Crippen molar-refractivity contribution in [1.82, 2.24) is 5.32 Å². The van der Waals surface area contributed by atoms with Crippen molar-refractivity contribution in [2.24, 2.45) is 5.41 Å². The first-order valence-corrected chi connectivity index (χ1v) is 6.24. The van der Waals surface area contributed by atoms with Crippen LogP contribution in [0.25, 0.3) is 0 Å². The minimum atomic E-state index is 0.425. The van der Waals surface area contributed by atoms with Gasteiger partial charge in [-0.3, -0.25) is 0 Å². The molecule has 2 fully saturated rings. The number of rotatable bonds is 5. The van der Waals surface area contributed by atoms with Gasteiger partial charge in [0.2, 0.25) is 0 Å². The van der Waals surface area contributed by atoms with Gasteiger partial charge in [-0.15, -0.1) is 0 Å². The molecule has 1 saturated carbocycles. The molecule has 1 saturated heterocycles. The normalized spacial score (nSPS) is 28.2. The summed E-state index contributed by atoms with van der Waals surface area (Å²) in [5.41, 5.74) is 0.425. The Kier molecular flexibility index (Phi) is 2.60. The smallest absolute Gasteiger partial charge is 0.0554 e. The number of ether oxygens (including phenoxy) is 1. The van der Waals surface area contributed by atoms with Crippen molar-refractivity contribution >= 4 is 11.8 Å². The maximum Gasteiger partial charge on any atom is 0.0554 e. The van der Waals surface area contributed by atoms with Gasteiger partial charge >= 0.3 is 0 Å². The maximum absolute atomic E-state index is 5.22. The predicted molar refractivity (Wildman–Crippen MR) is 57.3 cm³/mol. The van der Waals surface area contributed by atoms with Gasteiger partial charge in [0.1, 0.15) is 0 Å². The van der Waals surface area contributed by atoms with Gasteiger partial charge < -0.3 is 10.1 Å². The second-order valence-corrected chi connectivity index (χ2v) is 6.07. The molecular formula is C10H19NOS. The van der Waals surface area contributed by atoms with Crippen LogP contribution in [-0.4, -0.2) is 37.3 Å². The molecule has 0 amide bonds. The average molecular weight is 201 g/mol. The Bertz CT molecular complexity index is 183. The Labute approximate surface area is 84.8 Å². The van der Waals surface area contributed by atoms with Crippen molar-refractivity contribution in [2.45, 2.75) is 24.5 Å². The number of nitrogens with one attached hydrogen (secondary N) is 1. The highest BCUT2D eigenvalue weighted by Crippen LogP contribution is 2.46. The molecule has 2 rings (SSSR count). The van der Waals surface area contributed by atoms with Crippen LogP contribution in [0.2, 0.25) is 0 Å². The first kappa shape index (κ1) is 9.81. The summed E-state index contributed by atoms with van der Waals surface area (Å²) >= 11 is 2.02. The Hall–Kier alpha value is 0.270. The van der Waals surface area contributed by atoms with Gasteiger partial charge in [0.15, 0.2) is 0 Å². The van der Waals surface area contributed by atoms with Gasteiger partial charge in [-0.1, -0.05) is 6.92 Å². The first-order valence-electron chi connectivity index (χ1n) is 5.02. The van der Waals surface area contributed by atoms with E-state index in [-0.39, 0.29) is 0 Å². The largest absolute Gasteiger partial charge is 0.380 e. The topological polar surface area (TPSA) is 21.3 Å². The van der Waals surface area contributed by atoms with Gasteiger partial charge in [-0.2, -0.15) is 11.8 Å².